The molecule has 0 amide bonds. The third-order valence-electron chi connectivity index (χ3n) is 4.20. The average molecular weight is 315 g/mol. The van der Waals surface area contributed by atoms with Crippen LogP contribution in [0.25, 0.3) is 0 Å². The Bertz CT molecular complexity index is 624. The van der Waals surface area contributed by atoms with E-state index in [1.54, 1.807) is 13.3 Å². The molecular formula is C18H22FN3O. The van der Waals surface area contributed by atoms with Gasteiger partial charge in [-0.1, -0.05) is 12.1 Å². The molecule has 0 spiro atoms. The zero-order valence-corrected chi connectivity index (χ0v) is 13.4. The molecule has 0 bridgehead atoms. The summed E-state index contributed by atoms with van der Waals surface area (Å²) in [6.07, 6.45) is 1.79. The predicted octanol–water partition coefficient (Wildman–Crippen LogP) is 2.55. The van der Waals surface area contributed by atoms with Crippen molar-refractivity contribution in [1.82, 2.24) is 14.8 Å². The van der Waals surface area contributed by atoms with Gasteiger partial charge in [0.2, 0.25) is 5.88 Å². The maximum Gasteiger partial charge on any atom is 0.213 e. The lowest BCUT2D eigenvalue weighted by Gasteiger charge is -2.34. The van der Waals surface area contributed by atoms with Crippen LogP contribution in [0.4, 0.5) is 4.39 Å². The maximum absolute atomic E-state index is 12.9. The van der Waals surface area contributed by atoms with Crippen molar-refractivity contribution in [2.24, 2.45) is 0 Å². The van der Waals surface area contributed by atoms with Crippen LogP contribution >= 0.6 is 0 Å². The number of hydrogen-bond donors (Lipinski definition) is 0. The van der Waals surface area contributed by atoms with E-state index in [2.05, 4.69) is 14.8 Å². The Kier molecular flexibility index (Phi) is 5.20. The first kappa shape index (κ1) is 15.9. The van der Waals surface area contributed by atoms with Crippen molar-refractivity contribution in [3.63, 3.8) is 0 Å². The molecule has 0 atom stereocenters. The third kappa shape index (κ3) is 4.50. The number of rotatable bonds is 5. The molecule has 1 aliphatic rings. The van der Waals surface area contributed by atoms with Crippen LogP contribution in [0.1, 0.15) is 11.1 Å². The second kappa shape index (κ2) is 7.53. The van der Waals surface area contributed by atoms with Gasteiger partial charge in [0, 0.05) is 51.5 Å². The quantitative estimate of drug-likeness (QED) is 0.848. The summed E-state index contributed by atoms with van der Waals surface area (Å²) in [5.41, 5.74) is 2.39. The highest BCUT2D eigenvalue weighted by Gasteiger charge is 2.17. The highest BCUT2D eigenvalue weighted by molar-refractivity contribution is 5.20. The second-order valence-electron chi connectivity index (χ2n) is 5.89. The van der Waals surface area contributed by atoms with Gasteiger partial charge >= 0.3 is 0 Å². The Labute approximate surface area is 136 Å². The van der Waals surface area contributed by atoms with Gasteiger partial charge in [-0.25, -0.2) is 9.37 Å². The van der Waals surface area contributed by atoms with Crippen molar-refractivity contribution in [3.05, 3.63) is 59.5 Å². The molecule has 1 saturated heterocycles. The zero-order chi connectivity index (χ0) is 16.1. The van der Waals surface area contributed by atoms with Crippen LogP contribution in [0.15, 0.2) is 42.6 Å². The molecular weight excluding hydrogens is 293 g/mol. The Hall–Kier alpha value is -1.98. The van der Waals surface area contributed by atoms with E-state index in [0.717, 1.165) is 39.3 Å². The van der Waals surface area contributed by atoms with Gasteiger partial charge in [-0.05, 0) is 29.3 Å². The molecule has 5 heteroatoms. The molecule has 0 aliphatic carbocycles. The SMILES string of the molecule is COc1cc(CN2CCN(Cc3ccc(F)cc3)CC2)ccn1. The molecule has 4 nitrogen and oxygen atoms in total. The van der Waals surface area contributed by atoms with E-state index in [1.165, 1.54) is 23.3 Å². The van der Waals surface area contributed by atoms with Gasteiger partial charge in [0.15, 0.2) is 0 Å². The Morgan fingerprint density at radius 2 is 1.57 bits per heavy atom. The van der Waals surface area contributed by atoms with E-state index in [4.69, 9.17) is 4.74 Å². The number of halogens is 1. The number of hydrogen-bond acceptors (Lipinski definition) is 4. The summed E-state index contributed by atoms with van der Waals surface area (Å²) in [5.74, 6) is 0.490. The van der Waals surface area contributed by atoms with Crippen LogP contribution in [0.3, 0.4) is 0 Å². The summed E-state index contributed by atoms with van der Waals surface area (Å²) in [7, 11) is 1.64. The molecule has 1 aromatic heterocycles. The molecule has 1 aromatic carbocycles. The van der Waals surface area contributed by atoms with Gasteiger partial charge in [0.25, 0.3) is 0 Å². The molecule has 122 valence electrons. The molecule has 3 rings (SSSR count). The molecule has 0 radical (unpaired) electrons. The fourth-order valence-electron chi connectivity index (χ4n) is 2.87. The largest absolute Gasteiger partial charge is 0.481 e. The molecule has 2 aromatic rings. The van der Waals surface area contributed by atoms with Crippen LogP contribution in [-0.2, 0) is 13.1 Å². The van der Waals surface area contributed by atoms with Gasteiger partial charge in [-0.2, -0.15) is 0 Å². The maximum atomic E-state index is 12.9. The number of ether oxygens (including phenoxy) is 1. The minimum Gasteiger partial charge on any atom is -0.481 e. The zero-order valence-electron chi connectivity index (χ0n) is 13.4. The van der Waals surface area contributed by atoms with Crippen molar-refractivity contribution in [2.45, 2.75) is 13.1 Å². The average Bonchev–Trinajstić information content (AvgIpc) is 2.59. The van der Waals surface area contributed by atoms with Crippen molar-refractivity contribution in [2.75, 3.05) is 33.3 Å². The lowest BCUT2D eigenvalue weighted by atomic mass is 10.2. The fraction of sp³-hybridized carbons (Fsp3) is 0.389. The van der Waals surface area contributed by atoms with E-state index in [-0.39, 0.29) is 5.82 Å². The van der Waals surface area contributed by atoms with Crippen LogP contribution in [0, 0.1) is 5.82 Å². The highest BCUT2D eigenvalue weighted by atomic mass is 19.1. The number of methoxy groups -OCH3 is 1. The summed E-state index contributed by atoms with van der Waals surface area (Å²) in [4.78, 5) is 8.99. The van der Waals surface area contributed by atoms with Crippen molar-refractivity contribution >= 4 is 0 Å². The summed E-state index contributed by atoms with van der Waals surface area (Å²) < 4.78 is 18.1. The molecule has 23 heavy (non-hydrogen) atoms. The predicted molar refractivity (Wildman–Crippen MR) is 87.7 cm³/mol. The fourth-order valence-corrected chi connectivity index (χ4v) is 2.87. The van der Waals surface area contributed by atoms with Gasteiger partial charge in [0.05, 0.1) is 7.11 Å². The van der Waals surface area contributed by atoms with E-state index in [0.29, 0.717) is 5.88 Å². The standard InChI is InChI=1S/C18H22FN3O/c1-23-18-12-16(6-7-20-18)14-22-10-8-21(9-11-22)13-15-2-4-17(19)5-3-15/h2-7,12H,8-11,13-14H2,1H3. The van der Waals surface area contributed by atoms with Crippen LogP contribution < -0.4 is 4.74 Å². The molecule has 2 heterocycles. The van der Waals surface area contributed by atoms with Gasteiger partial charge in [0.1, 0.15) is 5.82 Å². The van der Waals surface area contributed by atoms with Crippen molar-refractivity contribution in [3.8, 4) is 5.88 Å². The minimum absolute atomic E-state index is 0.175. The van der Waals surface area contributed by atoms with Crippen LogP contribution in [0.5, 0.6) is 5.88 Å². The Balaban J connectivity index is 1.49. The third-order valence-corrected chi connectivity index (χ3v) is 4.20. The topological polar surface area (TPSA) is 28.6 Å². The number of nitrogens with zero attached hydrogens (tertiary/aromatic N) is 3. The molecule has 0 saturated carbocycles. The summed E-state index contributed by atoms with van der Waals surface area (Å²) in [6, 6.07) is 10.8. The number of benzene rings is 1. The molecule has 0 unspecified atom stereocenters. The molecule has 1 aliphatic heterocycles. The van der Waals surface area contributed by atoms with E-state index in [9.17, 15) is 4.39 Å². The smallest absolute Gasteiger partial charge is 0.213 e. The van der Waals surface area contributed by atoms with Gasteiger partial charge in [-0.15, -0.1) is 0 Å². The second-order valence-corrected chi connectivity index (χ2v) is 5.89. The van der Waals surface area contributed by atoms with Gasteiger partial charge in [-0.3, -0.25) is 9.80 Å². The molecule has 1 fully saturated rings. The lowest BCUT2D eigenvalue weighted by Crippen LogP contribution is -2.45. The summed E-state index contributed by atoms with van der Waals surface area (Å²) >= 11 is 0. The van der Waals surface area contributed by atoms with E-state index < -0.39 is 0 Å². The first-order valence-electron chi connectivity index (χ1n) is 7.91. The first-order valence-corrected chi connectivity index (χ1v) is 7.91. The summed E-state index contributed by atoms with van der Waals surface area (Å²) in [6.45, 7) is 5.93. The van der Waals surface area contributed by atoms with E-state index >= 15 is 0 Å². The first-order chi connectivity index (χ1) is 11.2. The highest BCUT2D eigenvalue weighted by Crippen LogP contribution is 2.14. The van der Waals surface area contributed by atoms with Crippen molar-refractivity contribution < 1.29 is 9.13 Å². The minimum atomic E-state index is -0.175. The Morgan fingerprint density at radius 1 is 0.957 bits per heavy atom. The van der Waals surface area contributed by atoms with Crippen LogP contribution in [-0.4, -0.2) is 48.1 Å². The Morgan fingerprint density at radius 3 is 2.17 bits per heavy atom. The number of pyridine rings is 1. The van der Waals surface area contributed by atoms with Gasteiger partial charge < -0.3 is 4.74 Å². The number of piperazine rings is 1. The monoisotopic (exact) mass is 315 g/mol. The van der Waals surface area contributed by atoms with Crippen LogP contribution in [0.2, 0.25) is 0 Å². The van der Waals surface area contributed by atoms with Crippen molar-refractivity contribution in [1.29, 1.82) is 0 Å². The normalized spacial score (nSPS) is 16.4. The molecule has 0 N–H and O–H groups in total. The number of aromatic nitrogens is 1. The lowest BCUT2D eigenvalue weighted by molar-refractivity contribution is 0.122. The van der Waals surface area contributed by atoms with E-state index in [1.807, 2.05) is 24.3 Å². The summed E-state index contributed by atoms with van der Waals surface area (Å²) in [5, 5.41) is 0.